The lowest BCUT2D eigenvalue weighted by Crippen LogP contribution is -2.04. The van der Waals surface area contributed by atoms with Crippen molar-refractivity contribution in [3.05, 3.63) is 41.9 Å². The second-order valence-corrected chi connectivity index (χ2v) is 4.84. The van der Waals surface area contributed by atoms with Crippen molar-refractivity contribution in [3.8, 4) is 11.5 Å². The molecule has 21 heavy (non-hydrogen) atoms. The number of nitrogens with one attached hydrogen (secondary N) is 1. The first-order valence-electron chi connectivity index (χ1n) is 6.60. The number of aromatic nitrogens is 4. The van der Waals surface area contributed by atoms with Crippen LogP contribution in [-0.2, 0) is 6.54 Å². The van der Waals surface area contributed by atoms with Crippen LogP contribution in [0.3, 0.4) is 0 Å². The van der Waals surface area contributed by atoms with Gasteiger partial charge < -0.3 is 14.8 Å². The fourth-order valence-electron chi connectivity index (χ4n) is 2.33. The van der Waals surface area contributed by atoms with Crippen molar-refractivity contribution in [1.29, 1.82) is 0 Å². The standard InChI is InChI=1S/C14H13N5O2/c1-9-4-11(14-17-16-7-19(14)18-9)15-6-10-2-3-12-13(5-10)21-8-20-12/h2-5,7,15H,6,8H2,1H3. The van der Waals surface area contributed by atoms with Gasteiger partial charge in [0.05, 0.1) is 11.4 Å². The summed E-state index contributed by atoms with van der Waals surface area (Å²) in [6, 6.07) is 7.86. The highest BCUT2D eigenvalue weighted by Crippen LogP contribution is 2.32. The Morgan fingerprint density at radius 2 is 2.14 bits per heavy atom. The van der Waals surface area contributed by atoms with Gasteiger partial charge in [0.1, 0.15) is 6.33 Å². The van der Waals surface area contributed by atoms with Crippen LogP contribution >= 0.6 is 0 Å². The average molecular weight is 283 g/mol. The van der Waals surface area contributed by atoms with E-state index in [9.17, 15) is 0 Å². The topological polar surface area (TPSA) is 73.6 Å². The maximum atomic E-state index is 5.38. The van der Waals surface area contributed by atoms with Gasteiger partial charge in [-0.3, -0.25) is 0 Å². The first-order valence-corrected chi connectivity index (χ1v) is 6.60. The summed E-state index contributed by atoms with van der Waals surface area (Å²) in [5, 5.41) is 15.6. The molecule has 3 heterocycles. The van der Waals surface area contributed by atoms with E-state index in [1.807, 2.05) is 31.2 Å². The largest absolute Gasteiger partial charge is 0.454 e. The molecule has 1 aliphatic heterocycles. The van der Waals surface area contributed by atoms with Gasteiger partial charge in [-0.2, -0.15) is 9.61 Å². The third-order valence-electron chi connectivity index (χ3n) is 3.31. The molecule has 4 rings (SSSR count). The molecule has 7 nitrogen and oxygen atoms in total. The Balaban J connectivity index is 1.59. The van der Waals surface area contributed by atoms with Gasteiger partial charge in [-0.1, -0.05) is 6.07 Å². The van der Waals surface area contributed by atoms with E-state index in [0.29, 0.717) is 12.2 Å². The zero-order valence-electron chi connectivity index (χ0n) is 11.4. The SMILES string of the molecule is Cc1cc(NCc2ccc3c(c2)OCO3)c2nncn2n1. The number of hydrogen-bond acceptors (Lipinski definition) is 6. The predicted octanol–water partition coefficient (Wildman–Crippen LogP) is 1.77. The molecule has 0 bridgehead atoms. The molecular weight excluding hydrogens is 270 g/mol. The van der Waals surface area contributed by atoms with Gasteiger partial charge in [-0.15, -0.1) is 10.2 Å². The van der Waals surface area contributed by atoms with E-state index in [4.69, 9.17) is 9.47 Å². The Morgan fingerprint density at radius 1 is 1.24 bits per heavy atom. The molecule has 0 amide bonds. The van der Waals surface area contributed by atoms with E-state index in [0.717, 1.165) is 28.4 Å². The maximum absolute atomic E-state index is 5.38. The third kappa shape index (κ3) is 2.12. The van der Waals surface area contributed by atoms with Crippen LogP contribution in [0, 0.1) is 6.92 Å². The molecule has 2 aromatic heterocycles. The van der Waals surface area contributed by atoms with E-state index in [-0.39, 0.29) is 6.79 Å². The van der Waals surface area contributed by atoms with Crippen LogP contribution in [0.4, 0.5) is 5.69 Å². The summed E-state index contributed by atoms with van der Waals surface area (Å²) in [7, 11) is 0. The fraction of sp³-hybridized carbons (Fsp3) is 0.214. The van der Waals surface area contributed by atoms with Crippen LogP contribution in [-0.4, -0.2) is 26.6 Å². The summed E-state index contributed by atoms with van der Waals surface area (Å²) in [6.07, 6.45) is 1.59. The quantitative estimate of drug-likeness (QED) is 0.789. The lowest BCUT2D eigenvalue weighted by Gasteiger charge is -2.08. The minimum atomic E-state index is 0.288. The molecule has 106 valence electrons. The molecule has 0 fully saturated rings. The van der Waals surface area contributed by atoms with Crippen molar-refractivity contribution in [1.82, 2.24) is 19.8 Å². The number of nitrogens with zero attached hydrogens (tertiary/aromatic N) is 4. The van der Waals surface area contributed by atoms with Gasteiger partial charge in [0.2, 0.25) is 12.4 Å². The van der Waals surface area contributed by atoms with Crippen LogP contribution in [0.1, 0.15) is 11.3 Å². The summed E-state index contributed by atoms with van der Waals surface area (Å²) in [5.74, 6) is 1.58. The highest BCUT2D eigenvalue weighted by atomic mass is 16.7. The van der Waals surface area contributed by atoms with Crippen LogP contribution in [0.5, 0.6) is 11.5 Å². The van der Waals surface area contributed by atoms with Crippen molar-refractivity contribution in [2.75, 3.05) is 12.1 Å². The molecule has 3 aromatic rings. The fourth-order valence-corrected chi connectivity index (χ4v) is 2.33. The number of ether oxygens (including phenoxy) is 2. The summed E-state index contributed by atoms with van der Waals surface area (Å²) in [5.41, 5.74) is 3.61. The first kappa shape index (κ1) is 12.0. The number of benzene rings is 1. The van der Waals surface area contributed by atoms with E-state index < -0.39 is 0 Å². The Kier molecular flexibility index (Phi) is 2.63. The number of hydrogen-bond donors (Lipinski definition) is 1. The van der Waals surface area contributed by atoms with E-state index in [1.54, 1.807) is 10.8 Å². The lowest BCUT2D eigenvalue weighted by atomic mass is 10.2. The second-order valence-electron chi connectivity index (χ2n) is 4.84. The third-order valence-corrected chi connectivity index (χ3v) is 3.31. The second kappa shape index (κ2) is 4.62. The van der Waals surface area contributed by atoms with Crippen LogP contribution < -0.4 is 14.8 Å². The zero-order chi connectivity index (χ0) is 14.2. The summed E-state index contributed by atoms with van der Waals surface area (Å²) < 4.78 is 12.4. The number of rotatable bonds is 3. The monoisotopic (exact) mass is 283 g/mol. The molecule has 1 aromatic carbocycles. The van der Waals surface area contributed by atoms with Gasteiger partial charge in [-0.25, -0.2) is 0 Å². The normalized spacial score (nSPS) is 12.8. The van der Waals surface area contributed by atoms with Crippen LogP contribution in [0.15, 0.2) is 30.6 Å². The Bertz CT molecular complexity index is 814. The van der Waals surface area contributed by atoms with E-state index in [1.165, 1.54) is 0 Å². The molecule has 1 N–H and O–H groups in total. The molecule has 0 unspecified atom stereocenters. The van der Waals surface area contributed by atoms with Crippen molar-refractivity contribution in [2.24, 2.45) is 0 Å². The molecule has 7 heteroatoms. The first-order chi connectivity index (χ1) is 10.3. The summed E-state index contributed by atoms with van der Waals surface area (Å²) in [6.45, 7) is 2.88. The zero-order valence-corrected chi connectivity index (χ0v) is 11.4. The number of fused-ring (bicyclic) bond motifs is 2. The highest BCUT2D eigenvalue weighted by molar-refractivity contribution is 5.66. The molecule has 0 aliphatic carbocycles. The molecule has 0 atom stereocenters. The van der Waals surface area contributed by atoms with E-state index >= 15 is 0 Å². The van der Waals surface area contributed by atoms with Crippen molar-refractivity contribution in [2.45, 2.75) is 13.5 Å². The molecule has 0 saturated carbocycles. The van der Waals surface area contributed by atoms with Gasteiger partial charge in [0, 0.05) is 6.54 Å². The van der Waals surface area contributed by atoms with Crippen molar-refractivity contribution >= 4 is 11.3 Å². The maximum Gasteiger partial charge on any atom is 0.231 e. The minimum absolute atomic E-state index is 0.288. The molecule has 0 spiro atoms. The van der Waals surface area contributed by atoms with Crippen LogP contribution in [0.25, 0.3) is 5.65 Å². The predicted molar refractivity (Wildman–Crippen MR) is 75.4 cm³/mol. The van der Waals surface area contributed by atoms with Gasteiger partial charge in [0.25, 0.3) is 0 Å². The number of anilines is 1. The smallest absolute Gasteiger partial charge is 0.231 e. The average Bonchev–Trinajstić information content (AvgIpc) is 3.12. The van der Waals surface area contributed by atoms with E-state index in [2.05, 4.69) is 20.6 Å². The van der Waals surface area contributed by atoms with Crippen molar-refractivity contribution < 1.29 is 9.47 Å². The van der Waals surface area contributed by atoms with Crippen molar-refractivity contribution in [3.63, 3.8) is 0 Å². The summed E-state index contributed by atoms with van der Waals surface area (Å²) in [4.78, 5) is 0. The Hall–Kier alpha value is -2.83. The Morgan fingerprint density at radius 3 is 3.10 bits per heavy atom. The number of aryl methyl sites for hydroxylation is 1. The van der Waals surface area contributed by atoms with Gasteiger partial charge >= 0.3 is 0 Å². The molecular formula is C14H13N5O2. The minimum Gasteiger partial charge on any atom is -0.454 e. The van der Waals surface area contributed by atoms with Gasteiger partial charge in [-0.05, 0) is 30.7 Å². The highest BCUT2D eigenvalue weighted by Gasteiger charge is 2.13. The van der Waals surface area contributed by atoms with Crippen LogP contribution in [0.2, 0.25) is 0 Å². The summed E-state index contributed by atoms with van der Waals surface area (Å²) >= 11 is 0. The molecule has 0 saturated heterocycles. The lowest BCUT2D eigenvalue weighted by molar-refractivity contribution is 0.174. The Labute approximate surface area is 120 Å². The molecule has 1 aliphatic rings. The van der Waals surface area contributed by atoms with Gasteiger partial charge in [0.15, 0.2) is 11.5 Å². The molecule has 0 radical (unpaired) electrons.